The lowest BCUT2D eigenvalue weighted by Gasteiger charge is -2.17. The van der Waals surface area contributed by atoms with Gasteiger partial charge in [-0.25, -0.2) is 4.39 Å². The molecule has 0 aliphatic rings. The SMILES string of the molecule is COCC(C)n1c(C)cc(/C=C(\C#N)C(=O)Nc2ccc(F)cc2)c1C. The molecule has 0 aliphatic carbocycles. The summed E-state index contributed by atoms with van der Waals surface area (Å²) in [5, 5.41) is 12.0. The molecule has 0 bridgehead atoms. The Bertz CT molecular complexity index is 860. The molecule has 1 N–H and O–H groups in total. The van der Waals surface area contributed by atoms with Crippen LogP contribution in [-0.2, 0) is 9.53 Å². The van der Waals surface area contributed by atoms with Crippen molar-refractivity contribution in [3.63, 3.8) is 0 Å². The molecule has 1 unspecified atom stereocenters. The highest BCUT2D eigenvalue weighted by Crippen LogP contribution is 2.23. The molecule has 2 rings (SSSR count). The minimum Gasteiger partial charge on any atom is -0.383 e. The van der Waals surface area contributed by atoms with Gasteiger partial charge in [-0.05, 0) is 62.7 Å². The van der Waals surface area contributed by atoms with Crippen LogP contribution in [0.2, 0.25) is 0 Å². The molecule has 0 spiro atoms. The predicted octanol–water partition coefficient (Wildman–Crippen LogP) is 4.00. The molecule has 1 atom stereocenters. The van der Waals surface area contributed by atoms with Gasteiger partial charge in [-0.15, -0.1) is 0 Å². The quantitative estimate of drug-likeness (QED) is 0.629. The molecule has 26 heavy (non-hydrogen) atoms. The summed E-state index contributed by atoms with van der Waals surface area (Å²) in [5.41, 5.74) is 3.19. The van der Waals surface area contributed by atoms with Crippen molar-refractivity contribution >= 4 is 17.7 Å². The Labute approximate surface area is 152 Å². The van der Waals surface area contributed by atoms with E-state index in [0.717, 1.165) is 17.0 Å². The van der Waals surface area contributed by atoms with Crippen molar-refractivity contribution in [3.8, 4) is 6.07 Å². The van der Waals surface area contributed by atoms with Crippen LogP contribution in [0.5, 0.6) is 0 Å². The fourth-order valence-electron chi connectivity index (χ4n) is 2.98. The van der Waals surface area contributed by atoms with Crippen molar-refractivity contribution in [1.29, 1.82) is 5.26 Å². The molecular formula is C20H22FN3O2. The first-order valence-corrected chi connectivity index (χ1v) is 8.23. The monoisotopic (exact) mass is 355 g/mol. The zero-order valence-electron chi connectivity index (χ0n) is 15.3. The third kappa shape index (κ3) is 4.38. The number of aryl methyl sites for hydroxylation is 1. The summed E-state index contributed by atoms with van der Waals surface area (Å²) in [7, 11) is 1.65. The van der Waals surface area contributed by atoms with E-state index in [4.69, 9.17) is 4.74 Å². The third-order valence-electron chi connectivity index (χ3n) is 4.14. The first-order valence-electron chi connectivity index (χ1n) is 8.23. The lowest BCUT2D eigenvalue weighted by molar-refractivity contribution is -0.112. The fourth-order valence-corrected chi connectivity index (χ4v) is 2.98. The average Bonchev–Trinajstić information content (AvgIpc) is 2.88. The smallest absolute Gasteiger partial charge is 0.266 e. The van der Waals surface area contributed by atoms with E-state index >= 15 is 0 Å². The predicted molar refractivity (Wildman–Crippen MR) is 99.1 cm³/mol. The van der Waals surface area contributed by atoms with Crippen LogP contribution in [0, 0.1) is 31.0 Å². The summed E-state index contributed by atoms with van der Waals surface area (Å²) < 4.78 is 20.3. The van der Waals surface area contributed by atoms with Gasteiger partial charge in [-0.3, -0.25) is 4.79 Å². The molecule has 0 radical (unpaired) electrons. The third-order valence-corrected chi connectivity index (χ3v) is 4.14. The van der Waals surface area contributed by atoms with Gasteiger partial charge < -0.3 is 14.6 Å². The summed E-state index contributed by atoms with van der Waals surface area (Å²) in [4.78, 5) is 12.3. The number of amides is 1. The minimum atomic E-state index is -0.533. The number of carbonyl (C=O) groups is 1. The van der Waals surface area contributed by atoms with Gasteiger partial charge in [0.25, 0.3) is 5.91 Å². The van der Waals surface area contributed by atoms with E-state index in [1.54, 1.807) is 13.2 Å². The molecule has 1 amide bonds. The summed E-state index contributed by atoms with van der Waals surface area (Å²) in [6.07, 6.45) is 1.57. The van der Waals surface area contributed by atoms with E-state index in [1.165, 1.54) is 24.3 Å². The number of halogens is 1. The number of nitrogens with one attached hydrogen (secondary N) is 1. The average molecular weight is 355 g/mol. The Morgan fingerprint density at radius 3 is 2.62 bits per heavy atom. The van der Waals surface area contributed by atoms with E-state index in [1.807, 2.05) is 32.9 Å². The number of ether oxygens (including phenoxy) is 1. The van der Waals surface area contributed by atoms with E-state index < -0.39 is 11.7 Å². The van der Waals surface area contributed by atoms with Crippen LogP contribution in [0.3, 0.4) is 0 Å². The largest absolute Gasteiger partial charge is 0.383 e. The first-order chi connectivity index (χ1) is 12.4. The topological polar surface area (TPSA) is 67.0 Å². The molecule has 1 aromatic heterocycles. The molecular weight excluding hydrogens is 333 g/mol. The van der Waals surface area contributed by atoms with Gasteiger partial charge in [0.05, 0.1) is 12.6 Å². The van der Waals surface area contributed by atoms with Crippen molar-refractivity contribution in [2.75, 3.05) is 19.0 Å². The second-order valence-corrected chi connectivity index (χ2v) is 6.13. The van der Waals surface area contributed by atoms with Crippen LogP contribution in [0.4, 0.5) is 10.1 Å². The number of hydrogen-bond donors (Lipinski definition) is 1. The maximum atomic E-state index is 13.0. The van der Waals surface area contributed by atoms with Crippen molar-refractivity contribution in [1.82, 2.24) is 4.57 Å². The highest BCUT2D eigenvalue weighted by molar-refractivity contribution is 6.09. The summed E-state index contributed by atoms with van der Waals surface area (Å²) >= 11 is 0. The number of carbonyl (C=O) groups excluding carboxylic acids is 1. The summed E-state index contributed by atoms with van der Waals surface area (Å²) in [5.74, 6) is -0.925. The zero-order valence-corrected chi connectivity index (χ0v) is 15.3. The lowest BCUT2D eigenvalue weighted by atomic mass is 10.1. The molecule has 136 valence electrons. The van der Waals surface area contributed by atoms with Crippen molar-refractivity contribution in [2.45, 2.75) is 26.8 Å². The number of rotatable bonds is 6. The van der Waals surface area contributed by atoms with E-state index in [-0.39, 0.29) is 11.6 Å². The molecule has 0 fully saturated rings. The normalized spacial score (nSPS) is 12.5. The second-order valence-electron chi connectivity index (χ2n) is 6.13. The Kier molecular flexibility index (Phi) is 6.31. The highest BCUT2D eigenvalue weighted by atomic mass is 19.1. The molecule has 0 saturated carbocycles. The van der Waals surface area contributed by atoms with E-state index in [2.05, 4.69) is 9.88 Å². The highest BCUT2D eigenvalue weighted by Gasteiger charge is 2.16. The maximum absolute atomic E-state index is 13.0. The molecule has 0 aliphatic heterocycles. The number of methoxy groups -OCH3 is 1. The Hall–Kier alpha value is -2.91. The number of nitriles is 1. The molecule has 2 aromatic rings. The summed E-state index contributed by atoms with van der Waals surface area (Å²) in [6.45, 7) is 6.53. The second kappa shape index (κ2) is 8.45. The van der Waals surface area contributed by atoms with Crippen LogP contribution < -0.4 is 5.32 Å². The van der Waals surface area contributed by atoms with Crippen LogP contribution in [0.15, 0.2) is 35.9 Å². The van der Waals surface area contributed by atoms with Crippen LogP contribution in [0.1, 0.15) is 29.9 Å². The molecule has 5 nitrogen and oxygen atoms in total. The van der Waals surface area contributed by atoms with Crippen LogP contribution in [-0.4, -0.2) is 24.2 Å². The number of nitrogens with zero attached hydrogens (tertiary/aromatic N) is 2. The number of benzene rings is 1. The standard InChI is InChI=1S/C20H22FN3O2/c1-13-9-16(15(3)24(13)14(2)12-26-4)10-17(11-22)20(25)23-19-7-5-18(21)6-8-19/h5-10,14H,12H2,1-4H3,(H,23,25)/b17-10+. The zero-order chi connectivity index (χ0) is 19.3. The molecule has 6 heteroatoms. The molecule has 1 heterocycles. The van der Waals surface area contributed by atoms with Gasteiger partial charge in [-0.2, -0.15) is 5.26 Å². The first kappa shape index (κ1) is 19.4. The fraction of sp³-hybridized carbons (Fsp3) is 0.300. The van der Waals surface area contributed by atoms with Gasteiger partial charge in [0.1, 0.15) is 17.5 Å². The van der Waals surface area contributed by atoms with Gasteiger partial charge >= 0.3 is 0 Å². The Morgan fingerprint density at radius 1 is 1.38 bits per heavy atom. The Balaban J connectivity index is 2.28. The van der Waals surface area contributed by atoms with Gasteiger partial charge in [-0.1, -0.05) is 0 Å². The van der Waals surface area contributed by atoms with Crippen LogP contribution >= 0.6 is 0 Å². The van der Waals surface area contributed by atoms with E-state index in [9.17, 15) is 14.4 Å². The lowest BCUT2D eigenvalue weighted by Crippen LogP contribution is -2.14. The number of anilines is 1. The Morgan fingerprint density at radius 2 is 2.04 bits per heavy atom. The molecule has 1 aromatic carbocycles. The van der Waals surface area contributed by atoms with Gasteiger partial charge in [0.15, 0.2) is 0 Å². The van der Waals surface area contributed by atoms with Crippen LogP contribution in [0.25, 0.3) is 6.08 Å². The number of aromatic nitrogens is 1. The van der Waals surface area contributed by atoms with E-state index in [0.29, 0.717) is 12.3 Å². The van der Waals surface area contributed by atoms with Crippen molar-refractivity contribution < 1.29 is 13.9 Å². The molecule has 0 saturated heterocycles. The van der Waals surface area contributed by atoms with Crippen molar-refractivity contribution in [2.24, 2.45) is 0 Å². The number of hydrogen-bond acceptors (Lipinski definition) is 3. The van der Waals surface area contributed by atoms with Crippen molar-refractivity contribution in [3.05, 3.63) is 58.7 Å². The summed E-state index contributed by atoms with van der Waals surface area (Å²) in [6, 6.07) is 9.39. The maximum Gasteiger partial charge on any atom is 0.266 e. The van der Waals surface area contributed by atoms with Gasteiger partial charge in [0.2, 0.25) is 0 Å². The van der Waals surface area contributed by atoms with Gasteiger partial charge in [0, 0.05) is 24.2 Å². The minimum absolute atomic E-state index is 0.0195.